The molecular formula is C14H22N4O2. The molecule has 0 unspecified atom stereocenters. The molecule has 0 amide bonds. The molecular weight excluding hydrogens is 256 g/mol. The third-order valence-corrected chi connectivity index (χ3v) is 3.96. The first-order valence-electron chi connectivity index (χ1n) is 7.03. The lowest BCUT2D eigenvalue weighted by molar-refractivity contribution is -0.383. The predicted molar refractivity (Wildman–Crippen MR) is 80.8 cm³/mol. The van der Waals surface area contributed by atoms with Crippen molar-refractivity contribution in [2.24, 2.45) is 5.92 Å². The summed E-state index contributed by atoms with van der Waals surface area (Å²) >= 11 is 0. The molecule has 6 nitrogen and oxygen atoms in total. The second kappa shape index (κ2) is 6.56. The van der Waals surface area contributed by atoms with Gasteiger partial charge >= 0.3 is 5.69 Å². The van der Waals surface area contributed by atoms with Crippen molar-refractivity contribution in [3.8, 4) is 0 Å². The van der Waals surface area contributed by atoms with Crippen molar-refractivity contribution in [1.29, 1.82) is 0 Å². The maximum atomic E-state index is 11.0. The Morgan fingerprint density at radius 2 is 2.15 bits per heavy atom. The van der Waals surface area contributed by atoms with Crippen LogP contribution < -0.4 is 11.1 Å². The largest absolute Gasteiger partial charge is 0.393 e. The molecule has 2 rings (SSSR count). The van der Waals surface area contributed by atoms with Crippen LogP contribution in [0.3, 0.4) is 0 Å². The number of nitrogens with one attached hydrogen (secondary N) is 1. The van der Waals surface area contributed by atoms with Crippen LogP contribution in [0.1, 0.15) is 19.3 Å². The molecule has 3 N–H and O–H groups in total. The van der Waals surface area contributed by atoms with Gasteiger partial charge in [0.25, 0.3) is 0 Å². The minimum Gasteiger partial charge on any atom is -0.393 e. The SMILES string of the molecule is CN1CCC(CCNc2cccc(N)c2[N+](=O)[O-])CC1. The number of likely N-dealkylation sites (tertiary alicyclic amines) is 1. The number of nitrogens with two attached hydrogens (primary N) is 1. The van der Waals surface area contributed by atoms with Gasteiger partial charge in [-0.2, -0.15) is 0 Å². The lowest BCUT2D eigenvalue weighted by Gasteiger charge is -2.28. The number of nitrogens with zero attached hydrogens (tertiary/aromatic N) is 2. The second-order valence-electron chi connectivity index (χ2n) is 5.46. The Labute approximate surface area is 119 Å². The van der Waals surface area contributed by atoms with Crippen LogP contribution in [0.25, 0.3) is 0 Å². The van der Waals surface area contributed by atoms with Gasteiger partial charge in [0.05, 0.1) is 4.92 Å². The van der Waals surface area contributed by atoms with Gasteiger partial charge in [-0.15, -0.1) is 0 Å². The molecule has 20 heavy (non-hydrogen) atoms. The van der Waals surface area contributed by atoms with Crippen LogP contribution in [0.15, 0.2) is 18.2 Å². The number of nitrogen functional groups attached to an aromatic ring is 1. The molecule has 0 aromatic heterocycles. The summed E-state index contributed by atoms with van der Waals surface area (Å²) in [5.41, 5.74) is 6.37. The lowest BCUT2D eigenvalue weighted by Crippen LogP contribution is -2.30. The molecule has 1 fully saturated rings. The van der Waals surface area contributed by atoms with Crippen LogP contribution in [0.2, 0.25) is 0 Å². The van der Waals surface area contributed by atoms with Crippen LogP contribution in [0.5, 0.6) is 0 Å². The van der Waals surface area contributed by atoms with Crippen LogP contribution in [-0.4, -0.2) is 36.5 Å². The fraction of sp³-hybridized carbons (Fsp3) is 0.571. The second-order valence-corrected chi connectivity index (χ2v) is 5.46. The van der Waals surface area contributed by atoms with Crippen molar-refractivity contribution >= 4 is 17.1 Å². The first-order chi connectivity index (χ1) is 9.58. The Balaban J connectivity index is 1.88. The van der Waals surface area contributed by atoms with Gasteiger partial charge in [0.15, 0.2) is 0 Å². The fourth-order valence-electron chi connectivity index (χ4n) is 2.67. The van der Waals surface area contributed by atoms with Crippen molar-refractivity contribution < 1.29 is 4.92 Å². The fourth-order valence-corrected chi connectivity index (χ4v) is 2.67. The highest BCUT2D eigenvalue weighted by Crippen LogP contribution is 2.30. The molecule has 0 spiro atoms. The van der Waals surface area contributed by atoms with E-state index in [4.69, 9.17) is 5.73 Å². The molecule has 0 aliphatic carbocycles. The number of nitro groups is 1. The first kappa shape index (κ1) is 14.6. The third-order valence-electron chi connectivity index (χ3n) is 3.96. The maximum Gasteiger partial charge on any atom is 0.314 e. The number of benzene rings is 1. The van der Waals surface area contributed by atoms with Gasteiger partial charge in [-0.1, -0.05) is 6.07 Å². The van der Waals surface area contributed by atoms with Crippen LogP contribution >= 0.6 is 0 Å². The number of anilines is 2. The number of hydrogen-bond donors (Lipinski definition) is 2. The summed E-state index contributed by atoms with van der Waals surface area (Å²) in [6.45, 7) is 3.03. The maximum absolute atomic E-state index is 11.0. The lowest BCUT2D eigenvalue weighted by atomic mass is 9.94. The summed E-state index contributed by atoms with van der Waals surface area (Å²) < 4.78 is 0. The smallest absolute Gasteiger partial charge is 0.314 e. The summed E-state index contributed by atoms with van der Waals surface area (Å²) in [7, 11) is 2.14. The number of piperidine rings is 1. The van der Waals surface area contributed by atoms with Crippen LogP contribution in [0.4, 0.5) is 17.1 Å². The average Bonchev–Trinajstić information content (AvgIpc) is 2.40. The molecule has 0 bridgehead atoms. The number of nitro benzene ring substituents is 1. The molecule has 1 aliphatic heterocycles. The zero-order valence-electron chi connectivity index (χ0n) is 11.8. The summed E-state index contributed by atoms with van der Waals surface area (Å²) in [4.78, 5) is 12.9. The Morgan fingerprint density at radius 1 is 1.45 bits per heavy atom. The van der Waals surface area contributed by atoms with E-state index in [-0.39, 0.29) is 11.4 Å². The van der Waals surface area contributed by atoms with Crippen LogP contribution in [-0.2, 0) is 0 Å². The molecule has 1 aromatic rings. The molecule has 1 aromatic carbocycles. The molecule has 0 atom stereocenters. The number of rotatable bonds is 5. The predicted octanol–water partition coefficient (Wildman–Crippen LogP) is 2.32. The minimum absolute atomic E-state index is 0.0177. The van der Waals surface area contributed by atoms with Gasteiger partial charge in [-0.25, -0.2) is 0 Å². The van der Waals surface area contributed by atoms with Crippen molar-refractivity contribution in [2.75, 3.05) is 37.7 Å². The molecule has 0 radical (unpaired) electrons. The molecule has 6 heteroatoms. The topological polar surface area (TPSA) is 84.4 Å². The van der Waals surface area contributed by atoms with Crippen molar-refractivity contribution in [2.45, 2.75) is 19.3 Å². The first-order valence-corrected chi connectivity index (χ1v) is 7.03. The Hall–Kier alpha value is -1.82. The van der Waals surface area contributed by atoms with Crippen LogP contribution in [0, 0.1) is 16.0 Å². The van der Waals surface area contributed by atoms with Crippen molar-refractivity contribution in [3.63, 3.8) is 0 Å². The van der Waals surface area contributed by atoms with E-state index in [9.17, 15) is 10.1 Å². The zero-order chi connectivity index (χ0) is 14.5. The van der Waals surface area contributed by atoms with Gasteiger partial charge < -0.3 is 16.0 Å². The van der Waals surface area contributed by atoms with Gasteiger partial charge in [-0.3, -0.25) is 10.1 Å². The monoisotopic (exact) mass is 278 g/mol. The standard InChI is InChI=1S/C14H22N4O2/c1-17-9-6-11(7-10-17)5-8-16-13-4-2-3-12(15)14(13)18(19)20/h2-4,11,16H,5-10,15H2,1H3. The Morgan fingerprint density at radius 3 is 2.80 bits per heavy atom. The van der Waals surface area contributed by atoms with E-state index in [0.717, 1.165) is 26.1 Å². The molecule has 110 valence electrons. The quantitative estimate of drug-likeness (QED) is 0.490. The van der Waals surface area contributed by atoms with E-state index in [1.54, 1.807) is 18.2 Å². The van der Waals surface area contributed by atoms with E-state index in [1.807, 2.05) is 0 Å². The highest BCUT2D eigenvalue weighted by Gasteiger charge is 2.19. The summed E-state index contributed by atoms with van der Waals surface area (Å²) in [6, 6.07) is 5.00. The van der Waals surface area contributed by atoms with E-state index in [2.05, 4.69) is 17.3 Å². The summed E-state index contributed by atoms with van der Waals surface area (Å²) in [5.74, 6) is 0.707. The summed E-state index contributed by atoms with van der Waals surface area (Å²) in [6.07, 6.45) is 3.45. The third kappa shape index (κ3) is 3.60. The van der Waals surface area contributed by atoms with Gasteiger partial charge in [0, 0.05) is 6.54 Å². The molecule has 1 aliphatic rings. The summed E-state index contributed by atoms with van der Waals surface area (Å²) in [5, 5.41) is 14.2. The van der Waals surface area contributed by atoms with Gasteiger partial charge in [0.1, 0.15) is 11.4 Å². The number of hydrogen-bond acceptors (Lipinski definition) is 5. The molecule has 1 saturated heterocycles. The minimum atomic E-state index is -0.423. The van der Waals surface area contributed by atoms with E-state index in [1.165, 1.54) is 12.8 Å². The highest BCUT2D eigenvalue weighted by molar-refractivity contribution is 5.74. The van der Waals surface area contributed by atoms with Gasteiger partial charge in [0.2, 0.25) is 0 Å². The Bertz CT molecular complexity index is 470. The zero-order valence-corrected chi connectivity index (χ0v) is 11.8. The van der Waals surface area contributed by atoms with E-state index >= 15 is 0 Å². The van der Waals surface area contributed by atoms with Crippen molar-refractivity contribution in [1.82, 2.24) is 4.90 Å². The highest BCUT2D eigenvalue weighted by atomic mass is 16.6. The number of para-hydroxylation sites is 1. The van der Waals surface area contributed by atoms with Gasteiger partial charge in [-0.05, 0) is 57.5 Å². The average molecular weight is 278 g/mol. The molecule has 0 saturated carbocycles. The van der Waals surface area contributed by atoms with E-state index in [0.29, 0.717) is 11.6 Å². The Kier molecular flexibility index (Phi) is 4.79. The normalized spacial score (nSPS) is 17.1. The van der Waals surface area contributed by atoms with Crippen molar-refractivity contribution in [3.05, 3.63) is 28.3 Å². The van der Waals surface area contributed by atoms with E-state index < -0.39 is 4.92 Å². The molecule has 1 heterocycles.